The van der Waals surface area contributed by atoms with Gasteiger partial charge in [0.05, 0.1) is 18.5 Å². The van der Waals surface area contributed by atoms with E-state index in [1.807, 2.05) is 6.07 Å². The quantitative estimate of drug-likeness (QED) is 0.618. The van der Waals surface area contributed by atoms with Crippen molar-refractivity contribution < 1.29 is 4.79 Å². The van der Waals surface area contributed by atoms with Crippen LogP contribution >= 0.6 is 0 Å². The number of hydrogen-bond acceptors (Lipinski definition) is 3. The van der Waals surface area contributed by atoms with Crippen molar-refractivity contribution in [1.29, 1.82) is 5.26 Å². The molecule has 0 aromatic rings. The van der Waals surface area contributed by atoms with Crippen LogP contribution in [0, 0.1) is 17.2 Å². The van der Waals surface area contributed by atoms with Crippen LogP contribution in [0.2, 0.25) is 0 Å². The van der Waals surface area contributed by atoms with Gasteiger partial charge in [0.25, 0.3) is 0 Å². The van der Waals surface area contributed by atoms with Crippen LogP contribution < -0.4 is 5.32 Å². The minimum atomic E-state index is -0.306. The lowest BCUT2D eigenvalue weighted by atomic mass is 10.2. The molecular formula is C9H15N3O. The number of hydrogen-bond donors (Lipinski definition) is 1. The second-order valence-corrected chi connectivity index (χ2v) is 3.65. The maximum atomic E-state index is 11.6. The fraction of sp³-hybridized carbons (Fsp3) is 0.778. The molecule has 2 unspecified atom stereocenters. The van der Waals surface area contributed by atoms with Crippen LogP contribution in [0.3, 0.4) is 0 Å². The second-order valence-electron chi connectivity index (χ2n) is 3.65. The molecule has 4 heteroatoms. The van der Waals surface area contributed by atoms with Gasteiger partial charge < -0.3 is 10.2 Å². The van der Waals surface area contributed by atoms with Crippen LogP contribution in [-0.4, -0.2) is 37.0 Å². The van der Waals surface area contributed by atoms with Crippen LogP contribution in [0.1, 0.15) is 13.3 Å². The predicted molar refractivity (Wildman–Crippen MR) is 48.8 cm³/mol. The highest BCUT2D eigenvalue weighted by Gasteiger charge is 2.26. The second kappa shape index (κ2) is 4.24. The molecule has 1 saturated heterocycles. The highest BCUT2D eigenvalue weighted by atomic mass is 16.2. The van der Waals surface area contributed by atoms with Crippen molar-refractivity contribution in [2.45, 2.75) is 19.4 Å². The maximum Gasteiger partial charge on any atom is 0.240 e. The van der Waals surface area contributed by atoms with E-state index in [-0.39, 0.29) is 18.4 Å². The fourth-order valence-corrected chi connectivity index (χ4v) is 1.57. The standard InChI is InChI=1S/C9H15N3O/c1-7-5-11-8(3-4-10)9(13)12(2)6-7/h7-8,11H,3,5-6H2,1-2H3. The average molecular weight is 181 g/mol. The third-order valence-corrected chi connectivity index (χ3v) is 2.27. The van der Waals surface area contributed by atoms with Crippen molar-refractivity contribution in [3.05, 3.63) is 0 Å². The van der Waals surface area contributed by atoms with Gasteiger partial charge in [-0.1, -0.05) is 6.92 Å². The minimum absolute atomic E-state index is 0.0332. The molecule has 1 aliphatic rings. The van der Waals surface area contributed by atoms with Gasteiger partial charge in [0.1, 0.15) is 0 Å². The van der Waals surface area contributed by atoms with Crippen molar-refractivity contribution in [3.8, 4) is 6.07 Å². The van der Waals surface area contributed by atoms with E-state index in [0.717, 1.165) is 13.1 Å². The van der Waals surface area contributed by atoms with E-state index in [9.17, 15) is 4.79 Å². The minimum Gasteiger partial charge on any atom is -0.344 e. The van der Waals surface area contributed by atoms with Crippen molar-refractivity contribution in [3.63, 3.8) is 0 Å². The first kappa shape index (κ1) is 10.0. The molecule has 1 fully saturated rings. The van der Waals surface area contributed by atoms with E-state index >= 15 is 0 Å². The molecule has 1 N–H and O–H groups in total. The predicted octanol–water partition coefficient (Wildman–Crippen LogP) is -0.0336. The monoisotopic (exact) mass is 181 g/mol. The first-order valence-electron chi connectivity index (χ1n) is 4.50. The molecule has 13 heavy (non-hydrogen) atoms. The van der Waals surface area contributed by atoms with E-state index in [0.29, 0.717) is 5.92 Å². The Morgan fingerprint density at radius 3 is 3.08 bits per heavy atom. The number of nitrogens with zero attached hydrogens (tertiary/aromatic N) is 2. The van der Waals surface area contributed by atoms with Crippen molar-refractivity contribution >= 4 is 5.91 Å². The SMILES string of the molecule is CC1CNC(CC#N)C(=O)N(C)C1. The topological polar surface area (TPSA) is 56.1 Å². The van der Waals surface area contributed by atoms with E-state index in [1.54, 1.807) is 11.9 Å². The normalized spacial score (nSPS) is 29.6. The molecule has 2 atom stereocenters. The fourth-order valence-electron chi connectivity index (χ4n) is 1.57. The summed E-state index contributed by atoms with van der Waals surface area (Å²) in [6, 6.07) is 1.72. The lowest BCUT2D eigenvalue weighted by Gasteiger charge is -2.18. The highest BCUT2D eigenvalue weighted by Crippen LogP contribution is 2.07. The summed E-state index contributed by atoms with van der Waals surface area (Å²) in [4.78, 5) is 13.3. The Labute approximate surface area is 78.5 Å². The Balaban J connectivity index is 2.65. The van der Waals surface area contributed by atoms with Crippen LogP contribution in [0.5, 0.6) is 0 Å². The zero-order chi connectivity index (χ0) is 9.84. The number of carbonyl (C=O) groups excluding carboxylic acids is 1. The largest absolute Gasteiger partial charge is 0.344 e. The van der Waals surface area contributed by atoms with Crippen LogP contribution in [0.15, 0.2) is 0 Å². The van der Waals surface area contributed by atoms with Gasteiger partial charge in [0.15, 0.2) is 0 Å². The molecule has 1 aliphatic heterocycles. The number of likely N-dealkylation sites (N-methyl/N-ethyl adjacent to an activating group) is 1. The smallest absolute Gasteiger partial charge is 0.240 e. The zero-order valence-electron chi connectivity index (χ0n) is 8.08. The zero-order valence-corrected chi connectivity index (χ0v) is 8.08. The molecule has 0 aromatic carbocycles. The van der Waals surface area contributed by atoms with Gasteiger partial charge in [-0.25, -0.2) is 0 Å². The van der Waals surface area contributed by atoms with Crippen molar-refractivity contribution in [2.75, 3.05) is 20.1 Å². The Hall–Kier alpha value is -1.08. The molecule has 0 bridgehead atoms. The third kappa shape index (κ3) is 2.43. The lowest BCUT2D eigenvalue weighted by molar-refractivity contribution is -0.131. The first-order valence-corrected chi connectivity index (χ1v) is 4.50. The molecule has 1 heterocycles. The molecule has 0 radical (unpaired) electrons. The first-order chi connectivity index (χ1) is 6.15. The Morgan fingerprint density at radius 2 is 2.46 bits per heavy atom. The Kier molecular flexibility index (Phi) is 3.26. The summed E-state index contributed by atoms with van der Waals surface area (Å²) in [7, 11) is 1.79. The number of nitriles is 1. The molecular weight excluding hydrogens is 166 g/mol. The Morgan fingerprint density at radius 1 is 1.77 bits per heavy atom. The highest BCUT2D eigenvalue weighted by molar-refractivity contribution is 5.82. The molecule has 1 amide bonds. The van der Waals surface area contributed by atoms with Crippen LogP contribution in [0.25, 0.3) is 0 Å². The summed E-state index contributed by atoms with van der Waals surface area (Å²) >= 11 is 0. The Bertz CT molecular complexity index is 234. The molecule has 0 spiro atoms. The van der Waals surface area contributed by atoms with E-state index in [2.05, 4.69) is 12.2 Å². The van der Waals surface area contributed by atoms with Gasteiger partial charge in [-0.3, -0.25) is 4.79 Å². The molecule has 1 rings (SSSR count). The van der Waals surface area contributed by atoms with Crippen molar-refractivity contribution in [2.24, 2.45) is 5.92 Å². The summed E-state index contributed by atoms with van der Waals surface area (Å²) in [5, 5.41) is 11.6. The van der Waals surface area contributed by atoms with Gasteiger partial charge in [0.2, 0.25) is 5.91 Å². The van der Waals surface area contributed by atoms with Gasteiger partial charge in [0, 0.05) is 20.1 Å². The summed E-state index contributed by atoms with van der Waals surface area (Å²) in [6.07, 6.45) is 0.260. The molecule has 72 valence electrons. The van der Waals surface area contributed by atoms with Gasteiger partial charge in [-0.15, -0.1) is 0 Å². The van der Waals surface area contributed by atoms with Crippen LogP contribution in [0.4, 0.5) is 0 Å². The summed E-state index contributed by atoms with van der Waals surface area (Å²) in [5.41, 5.74) is 0. The van der Waals surface area contributed by atoms with Gasteiger partial charge in [-0.05, 0) is 5.92 Å². The molecule has 0 aromatic heterocycles. The number of amides is 1. The van der Waals surface area contributed by atoms with Gasteiger partial charge >= 0.3 is 0 Å². The van der Waals surface area contributed by atoms with E-state index in [1.165, 1.54) is 0 Å². The summed E-state index contributed by atoms with van der Waals surface area (Å²) in [5.74, 6) is 0.489. The van der Waals surface area contributed by atoms with E-state index in [4.69, 9.17) is 5.26 Å². The van der Waals surface area contributed by atoms with Gasteiger partial charge in [-0.2, -0.15) is 5.26 Å². The summed E-state index contributed by atoms with van der Waals surface area (Å²) in [6.45, 7) is 3.67. The number of rotatable bonds is 1. The molecule has 0 saturated carbocycles. The average Bonchev–Trinajstić information content (AvgIpc) is 2.19. The number of carbonyl (C=O) groups is 1. The maximum absolute atomic E-state index is 11.6. The van der Waals surface area contributed by atoms with Crippen molar-refractivity contribution in [1.82, 2.24) is 10.2 Å². The van der Waals surface area contributed by atoms with E-state index < -0.39 is 0 Å². The summed E-state index contributed by atoms with van der Waals surface area (Å²) < 4.78 is 0. The molecule has 0 aliphatic carbocycles. The third-order valence-electron chi connectivity index (χ3n) is 2.27. The lowest BCUT2D eigenvalue weighted by Crippen LogP contribution is -2.41. The van der Waals surface area contributed by atoms with Crippen LogP contribution in [-0.2, 0) is 4.79 Å². The number of nitrogens with one attached hydrogen (secondary N) is 1. The molecule has 4 nitrogen and oxygen atoms in total.